The first-order chi connectivity index (χ1) is 10.2. The molecule has 0 saturated carbocycles. The number of rotatable bonds is 6. The molecule has 5 heteroatoms. The highest BCUT2D eigenvalue weighted by atomic mass is 35.5. The van der Waals surface area contributed by atoms with E-state index in [0.29, 0.717) is 29.3 Å². The number of pyridine rings is 1. The second kappa shape index (κ2) is 7.38. The van der Waals surface area contributed by atoms with E-state index < -0.39 is 0 Å². The van der Waals surface area contributed by atoms with E-state index in [0.717, 1.165) is 5.56 Å². The van der Waals surface area contributed by atoms with Crippen molar-refractivity contribution in [2.45, 2.75) is 19.4 Å². The van der Waals surface area contributed by atoms with Gasteiger partial charge in [0, 0.05) is 24.0 Å². The van der Waals surface area contributed by atoms with Crippen LogP contribution in [0.2, 0.25) is 5.02 Å². The van der Waals surface area contributed by atoms with Gasteiger partial charge in [0.1, 0.15) is 11.6 Å². The third-order valence-electron chi connectivity index (χ3n) is 3.31. The number of halogens is 2. The lowest BCUT2D eigenvalue weighted by Crippen LogP contribution is -2.24. The summed E-state index contributed by atoms with van der Waals surface area (Å²) in [7, 11) is 1.54. The van der Waals surface area contributed by atoms with Crippen molar-refractivity contribution < 1.29 is 9.13 Å². The SMILES string of the molecule is CCNC(Cc1ccncc1Cl)c1c(F)cccc1OC. The Kier molecular flexibility index (Phi) is 5.53. The van der Waals surface area contributed by atoms with Gasteiger partial charge in [-0.15, -0.1) is 0 Å². The Morgan fingerprint density at radius 2 is 2.19 bits per heavy atom. The quantitative estimate of drug-likeness (QED) is 0.882. The molecule has 0 bridgehead atoms. The molecule has 1 unspecified atom stereocenters. The van der Waals surface area contributed by atoms with Crippen LogP contribution in [0.5, 0.6) is 5.75 Å². The van der Waals surface area contributed by atoms with Gasteiger partial charge in [-0.3, -0.25) is 4.98 Å². The number of aromatic nitrogens is 1. The fraction of sp³-hybridized carbons (Fsp3) is 0.312. The summed E-state index contributed by atoms with van der Waals surface area (Å²) >= 11 is 6.15. The van der Waals surface area contributed by atoms with Crippen molar-refractivity contribution in [1.82, 2.24) is 10.3 Å². The molecular weight excluding hydrogens is 291 g/mol. The minimum absolute atomic E-state index is 0.217. The van der Waals surface area contributed by atoms with Crippen LogP contribution in [0.1, 0.15) is 24.1 Å². The predicted molar refractivity (Wildman–Crippen MR) is 82.3 cm³/mol. The van der Waals surface area contributed by atoms with Gasteiger partial charge in [0.05, 0.1) is 12.1 Å². The summed E-state index contributed by atoms with van der Waals surface area (Å²) in [6, 6.07) is 6.47. The first-order valence-electron chi connectivity index (χ1n) is 6.81. The molecular formula is C16H18ClFN2O. The van der Waals surface area contributed by atoms with Crippen LogP contribution in [0.3, 0.4) is 0 Å². The number of hydrogen-bond donors (Lipinski definition) is 1. The van der Waals surface area contributed by atoms with Crippen molar-refractivity contribution in [3.05, 3.63) is 58.6 Å². The van der Waals surface area contributed by atoms with Gasteiger partial charge in [0.2, 0.25) is 0 Å². The number of nitrogens with one attached hydrogen (secondary N) is 1. The number of ether oxygens (including phenoxy) is 1. The maximum atomic E-state index is 14.2. The van der Waals surface area contributed by atoms with E-state index in [-0.39, 0.29) is 11.9 Å². The van der Waals surface area contributed by atoms with Crippen molar-refractivity contribution in [3.8, 4) is 5.75 Å². The average molecular weight is 309 g/mol. The molecule has 1 aromatic carbocycles. The zero-order valence-corrected chi connectivity index (χ0v) is 12.8. The van der Waals surface area contributed by atoms with Crippen molar-refractivity contribution in [2.24, 2.45) is 0 Å². The highest BCUT2D eigenvalue weighted by molar-refractivity contribution is 6.31. The van der Waals surface area contributed by atoms with Crippen LogP contribution < -0.4 is 10.1 Å². The van der Waals surface area contributed by atoms with Crippen molar-refractivity contribution in [1.29, 1.82) is 0 Å². The average Bonchev–Trinajstić information content (AvgIpc) is 2.48. The fourth-order valence-corrected chi connectivity index (χ4v) is 2.54. The topological polar surface area (TPSA) is 34.2 Å². The maximum absolute atomic E-state index is 14.2. The molecule has 1 N–H and O–H groups in total. The molecule has 0 aliphatic rings. The number of hydrogen-bond acceptors (Lipinski definition) is 3. The third kappa shape index (κ3) is 3.71. The molecule has 0 fully saturated rings. The van der Waals surface area contributed by atoms with Crippen LogP contribution in [-0.2, 0) is 6.42 Å². The minimum Gasteiger partial charge on any atom is -0.496 e. The molecule has 0 aliphatic carbocycles. The molecule has 1 atom stereocenters. The van der Waals surface area contributed by atoms with Crippen LogP contribution in [-0.4, -0.2) is 18.6 Å². The molecule has 2 aromatic rings. The van der Waals surface area contributed by atoms with Gasteiger partial charge in [0.15, 0.2) is 0 Å². The summed E-state index contributed by atoms with van der Waals surface area (Å²) in [5, 5.41) is 3.87. The fourth-order valence-electron chi connectivity index (χ4n) is 2.35. The van der Waals surface area contributed by atoms with E-state index in [1.54, 1.807) is 31.6 Å². The van der Waals surface area contributed by atoms with E-state index in [2.05, 4.69) is 10.3 Å². The zero-order valence-electron chi connectivity index (χ0n) is 12.1. The van der Waals surface area contributed by atoms with Crippen molar-refractivity contribution >= 4 is 11.6 Å². The number of benzene rings is 1. The molecule has 3 nitrogen and oxygen atoms in total. The summed E-state index contributed by atoms with van der Waals surface area (Å²) in [5.41, 5.74) is 1.44. The smallest absolute Gasteiger partial charge is 0.131 e. The lowest BCUT2D eigenvalue weighted by Gasteiger charge is -2.22. The number of nitrogens with zero attached hydrogens (tertiary/aromatic N) is 1. The maximum Gasteiger partial charge on any atom is 0.131 e. The number of methoxy groups -OCH3 is 1. The van der Waals surface area contributed by atoms with E-state index in [1.165, 1.54) is 6.07 Å². The summed E-state index contributed by atoms with van der Waals surface area (Å²) in [5.74, 6) is 0.247. The molecule has 0 amide bonds. The van der Waals surface area contributed by atoms with Crippen LogP contribution in [0.25, 0.3) is 0 Å². The van der Waals surface area contributed by atoms with Gasteiger partial charge in [-0.05, 0) is 36.7 Å². The highest BCUT2D eigenvalue weighted by Crippen LogP contribution is 2.31. The lowest BCUT2D eigenvalue weighted by atomic mass is 9.98. The second-order valence-corrected chi connectivity index (χ2v) is 5.04. The van der Waals surface area contributed by atoms with E-state index in [9.17, 15) is 4.39 Å². The third-order valence-corrected chi connectivity index (χ3v) is 3.65. The van der Waals surface area contributed by atoms with Gasteiger partial charge in [0.25, 0.3) is 0 Å². The largest absolute Gasteiger partial charge is 0.496 e. The van der Waals surface area contributed by atoms with Crippen LogP contribution in [0.15, 0.2) is 36.7 Å². The molecule has 2 rings (SSSR count). The Bertz CT molecular complexity index is 607. The first kappa shape index (κ1) is 15.7. The zero-order chi connectivity index (χ0) is 15.2. The molecule has 0 spiro atoms. The second-order valence-electron chi connectivity index (χ2n) is 4.64. The minimum atomic E-state index is -0.287. The van der Waals surface area contributed by atoms with Gasteiger partial charge >= 0.3 is 0 Å². The summed E-state index contributed by atoms with van der Waals surface area (Å²) in [4.78, 5) is 3.97. The molecule has 112 valence electrons. The molecule has 21 heavy (non-hydrogen) atoms. The summed E-state index contributed by atoms with van der Waals surface area (Å²) in [6.07, 6.45) is 3.84. The summed E-state index contributed by atoms with van der Waals surface area (Å²) < 4.78 is 19.5. The van der Waals surface area contributed by atoms with Crippen LogP contribution >= 0.6 is 11.6 Å². The summed E-state index contributed by atoms with van der Waals surface area (Å²) in [6.45, 7) is 2.69. The van der Waals surface area contributed by atoms with Crippen molar-refractivity contribution in [2.75, 3.05) is 13.7 Å². The van der Waals surface area contributed by atoms with Gasteiger partial charge in [-0.25, -0.2) is 4.39 Å². The predicted octanol–water partition coefficient (Wildman–Crippen LogP) is 3.78. The lowest BCUT2D eigenvalue weighted by molar-refractivity contribution is 0.390. The number of likely N-dealkylation sites (N-methyl/N-ethyl adjacent to an activating group) is 1. The molecule has 0 radical (unpaired) electrons. The Balaban J connectivity index is 2.38. The first-order valence-corrected chi connectivity index (χ1v) is 7.19. The molecule has 1 heterocycles. The van der Waals surface area contributed by atoms with Crippen LogP contribution in [0, 0.1) is 5.82 Å². The van der Waals surface area contributed by atoms with E-state index >= 15 is 0 Å². The molecule has 0 aliphatic heterocycles. The highest BCUT2D eigenvalue weighted by Gasteiger charge is 2.21. The van der Waals surface area contributed by atoms with Gasteiger partial charge < -0.3 is 10.1 Å². The Morgan fingerprint density at radius 1 is 1.38 bits per heavy atom. The van der Waals surface area contributed by atoms with Crippen molar-refractivity contribution in [3.63, 3.8) is 0 Å². The standard InChI is InChI=1S/C16H18ClFN2O/c1-3-20-14(9-11-7-8-19-10-12(11)17)16-13(18)5-4-6-15(16)21-2/h4-8,10,14,20H,3,9H2,1-2H3. The molecule has 1 aromatic heterocycles. The Morgan fingerprint density at radius 3 is 2.86 bits per heavy atom. The van der Waals surface area contributed by atoms with Gasteiger partial charge in [-0.2, -0.15) is 0 Å². The Hall–Kier alpha value is -1.65. The van der Waals surface area contributed by atoms with E-state index in [4.69, 9.17) is 16.3 Å². The monoisotopic (exact) mass is 308 g/mol. The normalized spacial score (nSPS) is 12.2. The van der Waals surface area contributed by atoms with Crippen LogP contribution in [0.4, 0.5) is 4.39 Å². The van der Waals surface area contributed by atoms with Gasteiger partial charge in [-0.1, -0.05) is 24.6 Å². The Labute approximate surface area is 129 Å². The van der Waals surface area contributed by atoms with E-state index in [1.807, 2.05) is 13.0 Å². The molecule has 0 saturated heterocycles.